The molecular formula is C16H25NO5. The summed E-state index contributed by atoms with van der Waals surface area (Å²) in [5.74, 6) is -0.433. The van der Waals surface area contributed by atoms with E-state index in [1.54, 1.807) is 6.08 Å². The van der Waals surface area contributed by atoms with Crippen molar-refractivity contribution in [1.82, 2.24) is 0 Å². The van der Waals surface area contributed by atoms with Crippen molar-refractivity contribution < 1.29 is 24.1 Å². The number of hydrogen-bond donors (Lipinski definition) is 1. The molecule has 22 heavy (non-hydrogen) atoms. The Morgan fingerprint density at radius 3 is 2.91 bits per heavy atom. The van der Waals surface area contributed by atoms with Gasteiger partial charge in [-0.05, 0) is 39.2 Å². The third-order valence-electron chi connectivity index (χ3n) is 3.84. The van der Waals surface area contributed by atoms with Crippen LogP contribution in [0, 0.1) is 11.3 Å². The number of esters is 1. The number of nitriles is 1. The van der Waals surface area contributed by atoms with Crippen molar-refractivity contribution in [3.05, 3.63) is 12.2 Å². The van der Waals surface area contributed by atoms with E-state index in [0.29, 0.717) is 12.8 Å². The van der Waals surface area contributed by atoms with E-state index in [-0.39, 0.29) is 24.9 Å². The molecule has 1 aliphatic rings. The Bertz CT molecular complexity index is 431. The zero-order chi connectivity index (χ0) is 16.6. The van der Waals surface area contributed by atoms with Crippen molar-refractivity contribution in [1.29, 1.82) is 5.26 Å². The van der Waals surface area contributed by atoms with E-state index in [2.05, 4.69) is 10.8 Å². The molecule has 0 saturated carbocycles. The highest BCUT2D eigenvalue weighted by Crippen LogP contribution is 2.33. The van der Waals surface area contributed by atoms with Gasteiger partial charge in [0.25, 0.3) is 0 Å². The van der Waals surface area contributed by atoms with Crippen molar-refractivity contribution in [2.45, 2.75) is 63.4 Å². The lowest BCUT2D eigenvalue weighted by Gasteiger charge is -2.44. The average molecular weight is 311 g/mol. The molecule has 1 aliphatic heterocycles. The molecule has 6 nitrogen and oxygen atoms in total. The highest BCUT2D eigenvalue weighted by Gasteiger charge is 2.42. The second-order valence-electron chi connectivity index (χ2n) is 5.70. The second-order valence-corrected chi connectivity index (χ2v) is 5.70. The molecule has 1 saturated heterocycles. The first-order valence-electron chi connectivity index (χ1n) is 7.52. The van der Waals surface area contributed by atoms with Gasteiger partial charge in [0.05, 0.1) is 38.1 Å². The van der Waals surface area contributed by atoms with Gasteiger partial charge < -0.3 is 19.3 Å². The number of carbonyl (C=O) groups is 1. The molecular weight excluding hydrogens is 286 g/mol. The van der Waals surface area contributed by atoms with Gasteiger partial charge in [-0.15, -0.1) is 0 Å². The minimum absolute atomic E-state index is 0.0300. The molecule has 1 heterocycles. The van der Waals surface area contributed by atoms with E-state index in [1.165, 1.54) is 13.2 Å². The fraction of sp³-hybridized carbons (Fsp3) is 0.750. The minimum Gasteiger partial charge on any atom is -0.466 e. The molecule has 0 aromatic rings. The molecule has 0 bridgehead atoms. The van der Waals surface area contributed by atoms with Crippen molar-refractivity contribution in [2.75, 3.05) is 13.7 Å². The minimum atomic E-state index is -0.800. The SMILES string of the molecule is COC(=O)/C=C/C(C)OC1CCC(CCC#N)OC1(C)CO. The summed E-state index contributed by atoms with van der Waals surface area (Å²) >= 11 is 0. The number of hydrogen-bond acceptors (Lipinski definition) is 6. The van der Waals surface area contributed by atoms with Crippen LogP contribution in [-0.4, -0.2) is 48.7 Å². The van der Waals surface area contributed by atoms with E-state index in [0.717, 1.165) is 12.8 Å². The molecule has 6 heteroatoms. The summed E-state index contributed by atoms with van der Waals surface area (Å²) in [5, 5.41) is 18.3. The summed E-state index contributed by atoms with van der Waals surface area (Å²) in [6.45, 7) is 3.47. The lowest BCUT2D eigenvalue weighted by Crippen LogP contribution is -2.53. The molecule has 1 rings (SSSR count). The highest BCUT2D eigenvalue weighted by atomic mass is 16.6. The van der Waals surface area contributed by atoms with Crippen molar-refractivity contribution in [3.8, 4) is 6.07 Å². The fourth-order valence-electron chi connectivity index (χ4n) is 2.52. The van der Waals surface area contributed by atoms with Crippen LogP contribution in [0.4, 0.5) is 0 Å². The zero-order valence-electron chi connectivity index (χ0n) is 13.4. The largest absolute Gasteiger partial charge is 0.466 e. The van der Waals surface area contributed by atoms with E-state index in [9.17, 15) is 9.90 Å². The van der Waals surface area contributed by atoms with Gasteiger partial charge in [-0.3, -0.25) is 0 Å². The molecule has 1 N–H and O–H groups in total. The number of aliphatic hydroxyl groups is 1. The van der Waals surface area contributed by atoms with Crippen LogP contribution in [-0.2, 0) is 19.0 Å². The number of ether oxygens (including phenoxy) is 3. The summed E-state index contributed by atoms with van der Waals surface area (Å²) < 4.78 is 16.4. The molecule has 0 radical (unpaired) electrons. The van der Waals surface area contributed by atoms with Crippen LogP contribution in [0.25, 0.3) is 0 Å². The summed E-state index contributed by atoms with van der Waals surface area (Å²) in [7, 11) is 1.32. The second kappa shape index (κ2) is 8.89. The molecule has 124 valence electrons. The maximum absolute atomic E-state index is 11.1. The number of methoxy groups -OCH3 is 1. The smallest absolute Gasteiger partial charge is 0.330 e. The molecule has 4 atom stereocenters. The Labute approximate surface area is 131 Å². The van der Waals surface area contributed by atoms with Crippen molar-refractivity contribution in [2.24, 2.45) is 0 Å². The Morgan fingerprint density at radius 2 is 2.32 bits per heavy atom. The Hall–Kier alpha value is -1.42. The first-order valence-corrected chi connectivity index (χ1v) is 7.52. The Kier molecular flexibility index (Phi) is 7.52. The molecule has 4 unspecified atom stereocenters. The maximum atomic E-state index is 11.1. The first-order chi connectivity index (χ1) is 10.4. The topological polar surface area (TPSA) is 88.8 Å². The predicted molar refractivity (Wildman–Crippen MR) is 79.9 cm³/mol. The first kappa shape index (κ1) is 18.6. The Morgan fingerprint density at radius 1 is 1.59 bits per heavy atom. The van der Waals surface area contributed by atoms with Gasteiger partial charge in [0.15, 0.2) is 0 Å². The molecule has 1 fully saturated rings. The fourth-order valence-corrected chi connectivity index (χ4v) is 2.52. The van der Waals surface area contributed by atoms with Crippen LogP contribution in [0.5, 0.6) is 0 Å². The van der Waals surface area contributed by atoms with Gasteiger partial charge >= 0.3 is 5.97 Å². The van der Waals surface area contributed by atoms with Crippen molar-refractivity contribution >= 4 is 5.97 Å². The third kappa shape index (κ3) is 5.41. The molecule has 0 aromatic heterocycles. The summed E-state index contributed by atoms with van der Waals surface area (Å²) in [6, 6.07) is 2.11. The van der Waals surface area contributed by atoms with E-state index in [1.807, 2.05) is 13.8 Å². The van der Waals surface area contributed by atoms with Crippen LogP contribution in [0.3, 0.4) is 0 Å². The number of rotatable bonds is 7. The monoisotopic (exact) mass is 311 g/mol. The van der Waals surface area contributed by atoms with Crippen LogP contribution in [0.2, 0.25) is 0 Å². The van der Waals surface area contributed by atoms with Gasteiger partial charge in [0.2, 0.25) is 0 Å². The molecule has 0 amide bonds. The maximum Gasteiger partial charge on any atom is 0.330 e. The third-order valence-corrected chi connectivity index (χ3v) is 3.84. The normalized spacial score (nSPS) is 30.0. The van der Waals surface area contributed by atoms with E-state index < -0.39 is 11.6 Å². The van der Waals surface area contributed by atoms with Gasteiger partial charge in [-0.25, -0.2) is 4.79 Å². The molecule has 0 aliphatic carbocycles. The van der Waals surface area contributed by atoms with Crippen LogP contribution < -0.4 is 0 Å². The predicted octanol–water partition coefficient (Wildman–Crippen LogP) is 1.72. The van der Waals surface area contributed by atoms with Gasteiger partial charge in [0, 0.05) is 12.5 Å². The van der Waals surface area contributed by atoms with Crippen molar-refractivity contribution in [3.63, 3.8) is 0 Å². The van der Waals surface area contributed by atoms with Crippen LogP contribution in [0.15, 0.2) is 12.2 Å². The quantitative estimate of drug-likeness (QED) is 0.569. The zero-order valence-corrected chi connectivity index (χ0v) is 13.4. The van der Waals surface area contributed by atoms with E-state index >= 15 is 0 Å². The average Bonchev–Trinajstić information content (AvgIpc) is 2.52. The summed E-state index contributed by atoms with van der Waals surface area (Å²) in [4.78, 5) is 11.1. The standard InChI is InChI=1S/C16H25NO5/c1-12(6-9-15(19)20-3)21-14-8-7-13(5-4-10-17)22-16(14,2)11-18/h6,9,12-14,18H,4-5,7-8,11H2,1-3H3/b9-6+. The molecule has 0 aromatic carbocycles. The number of aliphatic hydroxyl groups excluding tert-OH is 1. The van der Waals surface area contributed by atoms with Crippen LogP contribution >= 0.6 is 0 Å². The Balaban J connectivity index is 2.61. The van der Waals surface area contributed by atoms with E-state index in [4.69, 9.17) is 14.7 Å². The summed E-state index contributed by atoms with van der Waals surface area (Å²) in [5.41, 5.74) is -0.800. The highest BCUT2D eigenvalue weighted by molar-refractivity contribution is 5.81. The summed E-state index contributed by atoms with van der Waals surface area (Å²) in [6.07, 6.45) is 4.97. The lowest BCUT2D eigenvalue weighted by atomic mass is 9.89. The molecule has 0 spiro atoms. The lowest BCUT2D eigenvalue weighted by molar-refractivity contribution is -0.218. The number of nitrogens with zero attached hydrogens (tertiary/aromatic N) is 1. The van der Waals surface area contributed by atoms with Gasteiger partial charge in [-0.2, -0.15) is 5.26 Å². The number of carbonyl (C=O) groups excluding carboxylic acids is 1. The van der Waals surface area contributed by atoms with Gasteiger partial charge in [-0.1, -0.05) is 0 Å². The van der Waals surface area contributed by atoms with Crippen LogP contribution in [0.1, 0.15) is 39.5 Å². The van der Waals surface area contributed by atoms with Gasteiger partial charge in [0.1, 0.15) is 5.60 Å².